The Morgan fingerprint density at radius 2 is 1.56 bits per heavy atom. The Morgan fingerprint density at radius 3 is 2.21 bits per heavy atom. The van der Waals surface area contributed by atoms with Crippen molar-refractivity contribution in [1.29, 1.82) is 0 Å². The molecule has 3 rings (SSSR count). The number of amides is 2. The molecule has 0 aromatic heterocycles. The van der Waals surface area contributed by atoms with Gasteiger partial charge in [0.15, 0.2) is 0 Å². The molecule has 3 aromatic carbocycles. The lowest BCUT2D eigenvalue weighted by Gasteiger charge is -2.32. The number of hydrogen-bond donors (Lipinski definition) is 1. The van der Waals surface area contributed by atoms with Crippen LogP contribution < -0.4 is 5.32 Å². The maximum Gasteiger partial charge on any atom is 0.243 e. The standard InChI is InChI=1S/C29H34N2O2S/c1-4-23(3)30-29(33)27(19-24-13-7-5-8-14-24)31(20-25-15-11-12-22(2)18-25)28(32)21-34-26-16-9-6-10-17-26/h5-18,23,27H,4,19-21H2,1-3H3,(H,30,33)/t23-,27-/m0/s1. The Morgan fingerprint density at radius 1 is 0.912 bits per heavy atom. The van der Waals surface area contributed by atoms with E-state index in [1.165, 1.54) is 11.8 Å². The third-order valence-electron chi connectivity index (χ3n) is 5.81. The van der Waals surface area contributed by atoms with Gasteiger partial charge in [-0.3, -0.25) is 9.59 Å². The molecule has 0 aliphatic carbocycles. The topological polar surface area (TPSA) is 49.4 Å². The van der Waals surface area contributed by atoms with E-state index in [4.69, 9.17) is 0 Å². The molecule has 0 fully saturated rings. The van der Waals surface area contributed by atoms with E-state index in [1.807, 2.05) is 99.6 Å². The van der Waals surface area contributed by atoms with E-state index >= 15 is 0 Å². The maximum absolute atomic E-state index is 13.6. The summed E-state index contributed by atoms with van der Waals surface area (Å²) in [4.78, 5) is 29.9. The lowest BCUT2D eigenvalue weighted by atomic mass is 10.0. The first-order valence-corrected chi connectivity index (χ1v) is 12.8. The minimum absolute atomic E-state index is 0.0420. The third-order valence-corrected chi connectivity index (χ3v) is 6.81. The van der Waals surface area contributed by atoms with Crippen molar-refractivity contribution in [2.24, 2.45) is 0 Å². The quantitative estimate of drug-likeness (QED) is 0.366. The second-order valence-corrected chi connectivity index (χ2v) is 9.68. The maximum atomic E-state index is 13.6. The molecule has 3 aromatic rings. The molecule has 0 saturated carbocycles. The predicted molar refractivity (Wildman–Crippen MR) is 141 cm³/mol. The van der Waals surface area contributed by atoms with Crippen LogP contribution in [0, 0.1) is 6.92 Å². The van der Waals surface area contributed by atoms with Gasteiger partial charge in [-0.25, -0.2) is 0 Å². The first-order valence-electron chi connectivity index (χ1n) is 11.8. The lowest BCUT2D eigenvalue weighted by Crippen LogP contribution is -2.52. The second-order valence-electron chi connectivity index (χ2n) is 8.64. The minimum Gasteiger partial charge on any atom is -0.352 e. The summed E-state index contributed by atoms with van der Waals surface area (Å²) < 4.78 is 0. The highest BCUT2D eigenvalue weighted by atomic mass is 32.2. The van der Waals surface area contributed by atoms with Crippen molar-refractivity contribution in [2.45, 2.75) is 57.1 Å². The van der Waals surface area contributed by atoms with Gasteiger partial charge in [-0.1, -0.05) is 85.3 Å². The fourth-order valence-corrected chi connectivity index (χ4v) is 4.55. The van der Waals surface area contributed by atoms with Gasteiger partial charge in [0.2, 0.25) is 11.8 Å². The van der Waals surface area contributed by atoms with Crippen molar-refractivity contribution in [2.75, 3.05) is 5.75 Å². The number of hydrogen-bond acceptors (Lipinski definition) is 3. The van der Waals surface area contributed by atoms with E-state index in [9.17, 15) is 9.59 Å². The molecular formula is C29H34N2O2S. The number of aryl methyl sites for hydroxylation is 1. The molecule has 0 aliphatic rings. The monoisotopic (exact) mass is 474 g/mol. The van der Waals surface area contributed by atoms with Gasteiger partial charge in [0.1, 0.15) is 6.04 Å². The Labute approximate surface area is 207 Å². The van der Waals surface area contributed by atoms with Gasteiger partial charge < -0.3 is 10.2 Å². The fourth-order valence-electron chi connectivity index (χ4n) is 3.75. The van der Waals surface area contributed by atoms with Crippen molar-refractivity contribution < 1.29 is 9.59 Å². The summed E-state index contributed by atoms with van der Waals surface area (Å²) in [5, 5.41) is 3.12. The molecule has 34 heavy (non-hydrogen) atoms. The SMILES string of the molecule is CC[C@H](C)NC(=O)[C@H](Cc1ccccc1)N(Cc1cccc(C)c1)C(=O)CSc1ccccc1. The van der Waals surface area contributed by atoms with E-state index < -0.39 is 6.04 Å². The molecule has 1 N–H and O–H groups in total. The number of nitrogens with one attached hydrogen (secondary N) is 1. The predicted octanol–water partition coefficient (Wildman–Crippen LogP) is 5.64. The van der Waals surface area contributed by atoms with E-state index in [2.05, 4.69) is 11.4 Å². The molecular weight excluding hydrogens is 440 g/mol. The summed E-state index contributed by atoms with van der Waals surface area (Å²) in [6.45, 7) is 6.47. The van der Waals surface area contributed by atoms with Crippen molar-refractivity contribution in [3.8, 4) is 0 Å². The minimum atomic E-state index is -0.596. The van der Waals surface area contributed by atoms with Crippen LogP contribution in [0.4, 0.5) is 0 Å². The lowest BCUT2D eigenvalue weighted by molar-refractivity contribution is -0.139. The normalized spacial score (nSPS) is 12.6. The highest BCUT2D eigenvalue weighted by molar-refractivity contribution is 8.00. The van der Waals surface area contributed by atoms with Crippen LogP contribution in [0.1, 0.15) is 37.0 Å². The smallest absolute Gasteiger partial charge is 0.243 e. The van der Waals surface area contributed by atoms with Gasteiger partial charge in [0.25, 0.3) is 0 Å². The van der Waals surface area contributed by atoms with Gasteiger partial charge in [-0.15, -0.1) is 11.8 Å². The Balaban J connectivity index is 1.91. The van der Waals surface area contributed by atoms with Crippen LogP contribution in [-0.2, 0) is 22.6 Å². The molecule has 5 heteroatoms. The number of carbonyl (C=O) groups is 2. The molecule has 2 amide bonds. The third kappa shape index (κ3) is 7.77. The van der Waals surface area contributed by atoms with Crippen molar-refractivity contribution >= 4 is 23.6 Å². The zero-order valence-corrected chi connectivity index (χ0v) is 21.1. The average molecular weight is 475 g/mol. The summed E-state index contributed by atoms with van der Waals surface area (Å²) in [6, 6.07) is 27.4. The Hall–Kier alpha value is -3.05. The zero-order chi connectivity index (χ0) is 24.3. The number of thioether (sulfide) groups is 1. The molecule has 0 saturated heterocycles. The van der Waals surface area contributed by atoms with Crippen LogP contribution >= 0.6 is 11.8 Å². The molecule has 178 valence electrons. The molecule has 0 heterocycles. The van der Waals surface area contributed by atoms with Crippen molar-refractivity contribution in [1.82, 2.24) is 10.2 Å². The zero-order valence-electron chi connectivity index (χ0n) is 20.2. The highest BCUT2D eigenvalue weighted by Crippen LogP contribution is 2.21. The molecule has 0 bridgehead atoms. The Bertz CT molecular complexity index is 1060. The molecule has 0 unspecified atom stereocenters. The van der Waals surface area contributed by atoms with E-state index in [0.29, 0.717) is 13.0 Å². The number of benzene rings is 3. The van der Waals surface area contributed by atoms with Crippen LogP contribution in [0.25, 0.3) is 0 Å². The number of nitrogens with zero attached hydrogens (tertiary/aromatic N) is 1. The summed E-state index contributed by atoms with van der Waals surface area (Å²) in [6.07, 6.45) is 1.30. The highest BCUT2D eigenvalue weighted by Gasteiger charge is 2.31. The first kappa shape index (κ1) is 25.6. The average Bonchev–Trinajstić information content (AvgIpc) is 2.85. The first-order chi connectivity index (χ1) is 16.5. The van der Waals surface area contributed by atoms with Gasteiger partial charge in [-0.2, -0.15) is 0 Å². The van der Waals surface area contributed by atoms with Crippen LogP contribution in [0.2, 0.25) is 0 Å². The number of carbonyl (C=O) groups excluding carboxylic acids is 2. The van der Waals surface area contributed by atoms with Gasteiger partial charge in [0.05, 0.1) is 5.75 Å². The van der Waals surface area contributed by atoms with Crippen LogP contribution in [0.3, 0.4) is 0 Å². The van der Waals surface area contributed by atoms with Gasteiger partial charge >= 0.3 is 0 Å². The van der Waals surface area contributed by atoms with Gasteiger partial charge in [-0.05, 0) is 43.5 Å². The van der Waals surface area contributed by atoms with Crippen LogP contribution in [0.15, 0.2) is 89.8 Å². The number of rotatable bonds is 11. The van der Waals surface area contributed by atoms with E-state index in [-0.39, 0.29) is 23.6 Å². The largest absolute Gasteiger partial charge is 0.352 e. The molecule has 4 nitrogen and oxygen atoms in total. The van der Waals surface area contributed by atoms with Crippen LogP contribution in [0.5, 0.6) is 0 Å². The summed E-state index contributed by atoms with van der Waals surface area (Å²) >= 11 is 1.50. The second kappa shape index (κ2) is 13.0. The summed E-state index contributed by atoms with van der Waals surface area (Å²) in [5.74, 6) is 0.122. The molecule has 0 aliphatic heterocycles. The fraction of sp³-hybridized carbons (Fsp3) is 0.310. The summed E-state index contributed by atoms with van der Waals surface area (Å²) in [7, 11) is 0. The van der Waals surface area contributed by atoms with Crippen molar-refractivity contribution in [3.63, 3.8) is 0 Å². The summed E-state index contributed by atoms with van der Waals surface area (Å²) in [5.41, 5.74) is 3.18. The molecule has 0 spiro atoms. The molecule has 0 radical (unpaired) electrons. The van der Waals surface area contributed by atoms with Gasteiger partial charge in [0, 0.05) is 23.9 Å². The van der Waals surface area contributed by atoms with E-state index in [0.717, 1.165) is 28.0 Å². The van der Waals surface area contributed by atoms with Crippen LogP contribution in [-0.4, -0.2) is 34.6 Å². The molecule has 2 atom stereocenters. The van der Waals surface area contributed by atoms with Crippen molar-refractivity contribution in [3.05, 3.63) is 102 Å². The van der Waals surface area contributed by atoms with E-state index in [1.54, 1.807) is 4.90 Å². The Kier molecular flexibility index (Phi) is 9.77.